The van der Waals surface area contributed by atoms with E-state index >= 15 is 0 Å². The van der Waals surface area contributed by atoms with Crippen LogP contribution in [0, 0.1) is 0 Å². The number of hydrogen-bond acceptors (Lipinski definition) is 3. The van der Waals surface area contributed by atoms with Gasteiger partial charge >= 0.3 is 0 Å². The summed E-state index contributed by atoms with van der Waals surface area (Å²) in [7, 11) is 0. The van der Waals surface area contributed by atoms with Crippen molar-refractivity contribution in [1.82, 2.24) is 14.8 Å². The molecule has 0 aliphatic carbocycles. The van der Waals surface area contributed by atoms with Crippen molar-refractivity contribution < 1.29 is 9.53 Å². The van der Waals surface area contributed by atoms with Gasteiger partial charge in [-0.25, -0.2) is 0 Å². The Morgan fingerprint density at radius 2 is 1.53 bits per heavy atom. The fraction of sp³-hybridized carbons (Fsp3) is 0.325. The molecule has 4 aromatic carbocycles. The molecule has 5 heteroatoms. The topological polar surface area (TPSA) is 46.5 Å². The van der Waals surface area contributed by atoms with Crippen LogP contribution in [-0.4, -0.2) is 41.1 Å². The third-order valence-corrected chi connectivity index (χ3v) is 8.70. The summed E-state index contributed by atoms with van der Waals surface area (Å²) in [5.74, 6) is 0.750. The number of carbonyl (C=O) groups is 1. The molecule has 1 heterocycles. The minimum Gasteiger partial charge on any atom is -0.489 e. The minimum atomic E-state index is -0.130. The van der Waals surface area contributed by atoms with Crippen molar-refractivity contribution >= 4 is 16.8 Å². The first-order valence-corrected chi connectivity index (χ1v) is 16.4. The summed E-state index contributed by atoms with van der Waals surface area (Å²) in [6.07, 6.45) is 4.65. The zero-order valence-electron chi connectivity index (χ0n) is 27.0. The summed E-state index contributed by atoms with van der Waals surface area (Å²) < 4.78 is 8.55. The van der Waals surface area contributed by atoms with Crippen molar-refractivity contribution in [2.24, 2.45) is 0 Å². The lowest BCUT2D eigenvalue weighted by molar-refractivity contribution is -0.121. The van der Waals surface area contributed by atoms with Crippen LogP contribution in [0.3, 0.4) is 0 Å². The molecule has 0 aliphatic rings. The Morgan fingerprint density at radius 3 is 2.27 bits per heavy atom. The number of benzene rings is 4. The van der Waals surface area contributed by atoms with E-state index in [1.54, 1.807) is 0 Å². The van der Waals surface area contributed by atoms with E-state index in [9.17, 15) is 4.79 Å². The molecule has 0 saturated heterocycles. The van der Waals surface area contributed by atoms with E-state index in [0.29, 0.717) is 13.0 Å². The summed E-state index contributed by atoms with van der Waals surface area (Å²) in [4.78, 5) is 16.1. The average Bonchev–Trinajstić information content (AvgIpc) is 3.43. The zero-order chi connectivity index (χ0) is 31.4. The van der Waals surface area contributed by atoms with E-state index in [-0.39, 0.29) is 17.9 Å². The molecular weight excluding hydrogens is 554 g/mol. The number of rotatable bonds is 16. The molecule has 5 rings (SSSR count). The van der Waals surface area contributed by atoms with Crippen molar-refractivity contribution in [3.05, 3.63) is 138 Å². The Balaban J connectivity index is 1.42. The summed E-state index contributed by atoms with van der Waals surface area (Å²) in [5.41, 5.74) is 5.77. The maximum atomic E-state index is 13.7. The molecular formula is C40H47N3O2. The molecule has 0 bridgehead atoms. The lowest BCUT2D eigenvalue weighted by Crippen LogP contribution is -2.34. The van der Waals surface area contributed by atoms with Gasteiger partial charge < -0.3 is 19.5 Å². The minimum absolute atomic E-state index is 0.0748. The van der Waals surface area contributed by atoms with Crippen molar-refractivity contribution in [2.45, 2.75) is 65.1 Å². The Labute approximate surface area is 268 Å². The molecule has 1 amide bonds. The Kier molecular flexibility index (Phi) is 11.5. The van der Waals surface area contributed by atoms with Crippen molar-refractivity contribution in [2.75, 3.05) is 19.6 Å². The van der Waals surface area contributed by atoms with Gasteiger partial charge in [0, 0.05) is 42.0 Å². The van der Waals surface area contributed by atoms with E-state index in [2.05, 4.69) is 121 Å². The fourth-order valence-electron chi connectivity index (χ4n) is 6.19. The Bertz CT molecular complexity index is 1630. The van der Waals surface area contributed by atoms with Gasteiger partial charge in [0.2, 0.25) is 5.91 Å². The number of nitrogens with one attached hydrogen (secondary N) is 1. The van der Waals surface area contributed by atoms with Gasteiger partial charge in [-0.15, -0.1) is 0 Å². The summed E-state index contributed by atoms with van der Waals surface area (Å²) >= 11 is 0. The molecule has 1 aromatic heterocycles. The molecule has 234 valence electrons. The van der Waals surface area contributed by atoms with Gasteiger partial charge in [0.15, 0.2) is 0 Å². The van der Waals surface area contributed by atoms with Crippen molar-refractivity contribution in [3.63, 3.8) is 0 Å². The molecule has 2 atom stereocenters. The highest BCUT2D eigenvalue weighted by atomic mass is 16.5. The molecule has 0 radical (unpaired) electrons. The van der Waals surface area contributed by atoms with Gasteiger partial charge in [-0.05, 0) is 79.9 Å². The second-order valence-electron chi connectivity index (χ2n) is 12.0. The van der Waals surface area contributed by atoms with Crippen LogP contribution in [-0.2, 0) is 17.9 Å². The van der Waals surface area contributed by atoms with E-state index in [1.807, 2.05) is 30.3 Å². The standard InChI is InChI=1S/C40H47N3O2/c1-4-42(5-2)25-15-16-31(3)41-40(44)27-37(34-21-14-22-35(26-34)45-30-33-19-10-7-11-20-33)38-29-43(28-32-17-8-6-9-18-32)39-24-13-12-23-36(38)39/h6-14,17-24,26,29,31,37H,4-5,15-16,25,27-28,30H2,1-3H3,(H,41,44)/t31-,37-/m0/s1. The number of carbonyl (C=O) groups excluding carboxylic acids is 1. The Hall–Kier alpha value is -4.35. The van der Waals surface area contributed by atoms with E-state index in [4.69, 9.17) is 4.74 Å². The van der Waals surface area contributed by atoms with Crippen LogP contribution in [0.4, 0.5) is 0 Å². The predicted octanol–water partition coefficient (Wildman–Crippen LogP) is 8.42. The van der Waals surface area contributed by atoms with Crippen LogP contribution < -0.4 is 10.1 Å². The Morgan fingerprint density at radius 1 is 0.844 bits per heavy atom. The van der Waals surface area contributed by atoms with Crippen molar-refractivity contribution in [1.29, 1.82) is 0 Å². The van der Waals surface area contributed by atoms with Gasteiger partial charge in [0.1, 0.15) is 12.4 Å². The molecule has 0 aliphatic heterocycles. The van der Waals surface area contributed by atoms with E-state index in [1.165, 1.54) is 16.5 Å². The lowest BCUT2D eigenvalue weighted by Gasteiger charge is -2.22. The second-order valence-corrected chi connectivity index (χ2v) is 12.0. The van der Waals surface area contributed by atoms with Crippen LogP contribution in [0.2, 0.25) is 0 Å². The van der Waals surface area contributed by atoms with Gasteiger partial charge in [-0.3, -0.25) is 4.79 Å². The molecule has 0 saturated carbocycles. The molecule has 45 heavy (non-hydrogen) atoms. The summed E-state index contributed by atoms with van der Waals surface area (Å²) in [5, 5.41) is 4.50. The van der Waals surface area contributed by atoms with Crippen LogP contribution in [0.25, 0.3) is 10.9 Å². The maximum absolute atomic E-state index is 13.7. The van der Waals surface area contributed by atoms with Crippen LogP contribution in [0.15, 0.2) is 115 Å². The van der Waals surface area contributed by atoms with Gasteiger partial charge in [0.05, 0.1) is 0 Å². The smallest absolute Gasteiger partial charge is 0.221 e. The number of para-hydroxylation sites is 1. The highest BCUT2D eigenvalue weighted by Gasteiger charge is 2.24. The summed E-state index contributed by atoms with van der Waals surface area (Å²) in [6.45, 7) is 11.0. The van der Waals surface area contributed by atoms with E-state index in [0.717, 1.165) is 61.5 Å². The lowest BCUT2D eigenvalue weighted by atomic mass is 9.87. The predicted molar refractivity (Wildman–Crippen MR) is 186 cm³/mol. The zero-order valence-corrected chi connectivity index (χ0v) is 27.0. The normalized spacial score (nSPS) is 12.7. The molecule has 0 unspecified atom stereocenters. The monoisotopic (exact) mass is 601 g/mol. The molecule has 5 nitrogen and oxygen atoms in total. The number of amides is 1. The average molecular weight is 602 g/mol. The van der Waals surface area contributed by atoms with Crippen LogP contribution in [0.1, 0.15) is 68.2 Å². The third kappa shape index (κ3) is 8.86. The molecule has 0 spiro atoms. The first-order valence-electron chi connectivity index (χ1n) is 16.4. The van der Waals surface area contributed by atoms with Crippen molar-refractivity contribution in [3.8, 4) is 5.75 Å². The van der Waals surface area contributed by atoms with Gasteiger partial charge in [-0.1, -0.05) is 105 Å². The number of hydrogen-bond donors (Lipinski definition) is 1. The highest BCUT2D eigenvalue weighted by molar-refractivity contribution is 5.87. The largest absolute Gasteiger partial charge is 0.489 e. The number of nitrogens with zero attached hydrogens (tertiary/aromatic N) is 2. The molecule has 1 N–H and O–H groups in total. The SMILES string of the molecule is CCN(CC)CCC[C@H](C)NC(=O)C[C@@H](c1cccc(OCc2ccccc2)c1)c1cn(Cc2ccccc2)c2ccccc12. The molecule has 5 aromatic rings. The summed E-state index contributed by atoms with van der Waals surface area (Å²) in [6, 6.07) is 37.7. The molecule has 0 fully saturated rings. The van der Waals surface area contributed by atoms with Crippen LogP contribution in [0.5, 0.6) is 5.75 Å². The number of fused-ring (bicyclic) bond motifs is 1. The second kappa shape index (κ2) is 16.1. The maximum Gasteiger partial charge on any atom is 0.221 e. The third-order valence-electron chi connectivity index (χ3n) is 8.70. The first-order chi connectivity index (χ1) is 22.0. The quantitative estimate of drug-likeness (QED) is 0.124. The van der Waals surface area contributed by atoms with Crippen LogP contribution >= 0.6 is 0 Å². The fourth-order valence-corrected chi connectivity index (χ4v) is 6.19. The number of ether oxygens (including phenoxy) is 1. The van der Waals surface area contributed by atoms with E-state index < -0.39 is 0 Å². The first kappa shape index (κ1) is 32.1. The van der Waals surface area contributed by atoms with Gasteiger partial charge in [-0.2, -0.15) is 0 Å². The van der Waals surface area contributed by atoms with Gasteiger partial charge in [0.25, 0.3) is 0 Å². The highest BCUT2D eigenvalue weighted by Crippen LogP contribution is 2.36. The number of aromatic nitrogens is 1.